The smallest absolute Gasteiger partial charge is 0.322 e. The van der Waals surface area contributed by atoms with Crippen LogP contribution in [0, 0.1) is 0 Å². The van der Waals surface area contributed by atoms with Gasteiger partial charge in [-0.25, -0.2) is 0 Å². The number of hydrogen-bond donors (Lipinski definition) is 0. The van der Waals surface area contributed by atoms with Gasteiger partial charge in [0.25, 0.3) is 0 Å². The van der Waals surface area contributed by atoms with Gasteiger partial charge in [-0.2, -0.15) is 0 Å². The fraction of sp³-hybridized carbons (Fsp3) is 0.182. The van der Waals surface area contributed by atoms with Gasteiger partial charge in [-0.15, -0.1) is 0 Å². The lowest BCUT2D eigenvalue weighted by Gasteiger charge is -2.23. The van der Waals surface area contributed by atoms with Crippen molar-refractivity contribution in [2.45, 2.75) is 12.3 Å². The highest BCUT2D eigenvalue weighted by molar-refractivity contribution is 6.13. The number of benzene rings is 3. The summed E-state index contributed by atoms with van der Waals surface area (Å²) in [6.45, 7) is 0.580. The highest BCUT2D eigenvalue weighted by Gasteiger charge is 2.37. The van der Waals surface area contributed by atoms with Crippen LogP contribution in [-0.2, 0) is 20.7 Å². The Bertz CT molecular complexity index is 990. The predicted octanol–water partition coefficient (Wildman–Crippen LogP) is 3.69. The maximum absolute atomic E-state index is 13.4. The SMILES string of the molecule is COC(=O)[C@H](C(=O)N1CCc2ccccc21)c1cccc2ccccc12. The number of nitrogens with zero attached hydrogens (tertiary/aromatic N) is 1. The molecule has 3 aromatic rings. The molecule has 4 rings (SSSR count). The zero-order chi connectivity index (χ0) is 18.1. The second kappa shape index (κ2) is 6.64. The Balaban J connectivity index is 1.81. The van der Waals surface area contributed by atoms with Gasteiger partial charge in [0.05, 0.1) is 7.11 Å². The summed E-state index contributed by atoms with van der Waals surface area (Å²) in [7, 11) is 1.33. The normalized spacial score (nSPS) is 14.1. The third kappa shape index (κ3) is 2.64. The fourth-order valence-electron chi connectivity index (χ4n) is 3.70. The molecule has 26 heavy (non-hydrogen) atoms. The molecule has 0 N–H and O–H groups in total. The van der Waals surface area contributed by atoms with E-state index in [2.05, 4.69) is 0 Å². The van der Waals surface area contributed by atoms with Crippen LogP contribution >= 0.6 is 0 Å². The lowest BCUT2D eigenvalue weighted by Crippen LogP contribution is -2.37. The van der Waals surface area contributed by atoms with Crippen LogP contribution < -0.4 is 4.90 Å². The van der Waals surface area contributed by atoms with Crippen molar-refractivity contribution in [1.29, 1.82) is 0 Å². The number of esters is 1. The Morgan fingerprint density at radius 3 is 2.54 bits per heavy atom. The molecule has 0 aromatic heterocycles. The summed E-state index contributed by atoms with van der Waals surface area (Å²) in [4.78, 5) is 27.7. The van der Waals surface area contributed by atoms with Gasteiger partial charge in [0.1, 0.15) is 0 Å². The number of para-hydroxylation sites is 1. The van der Waals surface area contributed by atoms with Crippen LogP contribution in [0.1, 0.15) is 17.0 Å². The molecular weight excluding hydrogens is 326 g/mol. The van der Waals surface area contributed by atoms with E-state index in [-0.39, 0.29) is 5.91 Å². The van der Waals surface area contributed by atoms with Gasteiger partial charge in [-0.3, -0.25) is 9.59 Å². The van der Waals surface area contributed by atoms with Crippen molar-refractivity contribution in [3.63, 3.8) is 0 Å². The summed E-state index contributed by atoms with van der Waals surface area (Å²) in [5.74, 6) is -1.74. The van der Waals surface area contributed by atoms with Crippen LogP contribution in [0.2, 0.25) is 0 Å². The maximum atomic E-state index is 13.4. The maximum Gasteiger partial charge on any atom is 0.322 e. The van der Waals surface area contributed by atoms with Crippen LogP contribution in [0.3, 0.4) is 0 Å². The molecule has 1 heterocycles. The van der Waals surface area contributed by atoms with E-state index in [1.807, 2.05) is 66.7 Å². The molecule has 0 fully saturated rings. The fourth-order valence-corrected chi connectivity index (χ4v) is 3.70. The van der Waals surface area contributed by atoms with Gasteiger partial charge in [0.15, 0.2) is 5.92 Å². The van der Waals surface area contributed by atoms with E-state index in [1.165, 1.54) is 7.11 Å². The third-order valence-electron chi connectivity index (χ3n) is 4.97. The predicted molar refractivity (Wildman–Crippen MR) is 101 cm³/mol. The highest BCUT2D eigenvalue weighted by atomic mass is 16.5. The first kappa shape index (κ1) is 16.3. The standard InChI is InChI=1S/C22H19NO3/c1-26-22(25)20(18-11-6-9-15-7-2-4-10-17(15)18)21(24)23-14-13-16-8-3-5-12-19(16)23/h2-12,20H,13-14H2,1H3/t20-/m0/s1. The quantitative estimate of drug-likeness (QED) is 0.537. The summed E-state index contributed by atoms with van der Waals surface area (Å²) < 4.78 is 5.00. The van der Waals surface area contributed by atoms with Crippen LogP contribution in [-0.4, -0.2) is 25.5 Å². The van der Waals surface area contributed by atoms with Crippen molar-refractivity contribution in [3.8, 4) is 0 Å². The number of carbonyl (C=O) groups is 2. The molecule has 1 amide bonds. The Labute approximate surface area is 152 Å². The van der Waals surface area contributed by atoms with E-state index in [1.54, 1.807) is 4.90 Å². The number of hydrogen-bond acceptors (Lipinski definition) is 3. The van der Waals surface area contributed by atoms with Crippen molar-refractivity contribution in [2.75, 3.05) is 18.6 Å². The Morgan fingerprint density at radius 1 is 0.962 bits per heavy atom. The summed E-state index contributed by atoms with van der Waals surface area (Å²) in [6.07, 6.45) is 0.797. The molecule has 0 aliphatic carbocycles. The van der Waals surface area contributed by atoms with Crippen LogP contribution in [0.25, 0.3) is 10.8 Å². The van der Waals surface area contributed by atoms with Gasteiger partial charge in [-0.05, 0) is 34.4 Å². The summed E-state index contributed by atoms with van der Waals surface area (Å²) >= 11 is 0. The molecule has 3 aromatic carbocycles. The van der Waals surface area contributed by atoms with E-state index >= 15 is 0 Å². The Kier molecular flexibility index (Phi) is 4.17. The van der Waals surface area contributed by atoms with Crippen molar-refractivity contribution in [2.24, 2.45) is 0 Å². The number of amides is 1. The van der Waals surface area contributed by atoms with E-state index in [4.69, 9.17) is 4.74 Å². The molecule has 0 spiro atoms. The molecule has 0 saturated heterocycles. The molecule has 1 aliphatic heterocycles. The van der Waals surface area contributed by atoms with Crippen LogP contribution in [0.15, 0.2) is 66.7 Å². The Hall–Kier alpha value is -3.14. The first-order chi connectivity index (χ1) is 12.7. The molecule has 4 heteroatoms. The summed E-state index contributed by atoms with van der Waals surface area (Å²) in [5.41, 5.74) is 2.69. The number of anilines is 1. The van der Waals surface area contributed by atoms with E-state index in [0.29, 0.717) is 12.1 Å². The van der Waals surface area contributed by atoms with Gasteiger partial charge in [0, 0.05) is 12.2 Å². The summed E-state index contributed by atoms with van der Waals surface area (Å²) in [6, 6.07) is 21.3. The molecule has 0 unspecified atom stereocenters. The molecule has 4 nitrogen and oxygen atoms in total. The van der Waals surface area contributed by atoms with Crippen molar-refractivity contribution < 1.29 is 14.3 Å². The molecular formula is C22H19NO3. The topological polar surface area (TPSA) is 46.6 Å². The van der Waals surface area contributed by atoms with Crippen molar-refractivity contribution >= 4 is 28.3 Å². The molecule has 0 saturated carbocycles. The Morgan fingerprint density at radius 2 is 1.69 bits per heavy atom. The second-order valence-electron chi connectivity index (χ2n) is 6.39. The minimum atomic E-state index is -0.975. The van der Waals surface area contributed by atoms with Crippen LogP contribution in [0.4, 0.5) is 5.69 Å². The van der Waals surface area contributed by atoms with Crippen molar-refractivity contribution in [3.05, 3.63) is 77.9 Å². The number of fused-ring (bicyclic) bond motifs is 2. The second-order valence-corrected chi connectivity index (χ2v) is 6.39. The minimum Gasteiger partial charge on any atom is -0.468 e. The molecule has 1 atom stereocenters. The van der Waals surface area contributed by atoms with E-state index in [0.717, 1.165) is 28.4 Å². The lowest BCUT2D eigenvalue weighted by atomic mass is 9.92. The average molecular weight is 345 g/mol. The third-order valence-corrected chi connectivity index (χ3v) is 4.97. The molecule has 1 aliphatic rings. The van der Waals surface area contributed by atoms with Gasteiger partial charge < -0.3 is 9.64 Å². The minimum absolute atomic E-state index is 0.238. The van der Waals surface area contributed by atoms with E-state index in [9.17, 15) is 9.59 Å². The number of rotatable bonds is 3. The monoisotopic (exact) mass is 345 g/mol. The van der Waals surface area contributed by atoms with Crippen LogP contribution in [0.5, 0.6) is 0 Å². The first-order valence-corrected chi connectivity index (χ1v) is 8.65. The zero-order valence-corrected chi connectivity index (χ0v) is 14.5. The first-order valence-electron chi connectivity index (χ1n) is 8.65. The van der Waals surface area contributed by atoms with Gasteiger partial charge in [-0.1, -0.05) is 60.7 Å². The summed E-state index contributed by atoms with van der Waals surface area (Å²) in [5, 5.41) is 1.89. The zero-order valence-electron chi connectivity index (χ0n) is 14.5. The van der Waals surface area contributed by atoms with Gasteiger partial charge in [0.2, 0.25) is 5.91 Å². The number of methoxy groups -OCH3 is 1. The number of ether oxygens (including phenoxy) is 1. The molecule has 0 radical (unpaired) electrons. The van der Waals surface area contributed by atoms with Crippen molar-refractivity contribution in [1.82, 2.24) is 0 Å². The van der Waals surface area contributed by atoms with Gasteiger partial charge >= 0.3 is 5.97 Å². The molecule has 130 valence electrons. The lowest BCUT2D eigenvalue weighted by molar-refractivity contribution is -0.145. The largest absolute Gasteiger partial charge is 0.468 e. The van der Waals surface area contributed by atoms with E-state index < -0.39 is 11.9 Å². The molecule has 0 bridgehead atoms. The highest BCUT2D eigenvalue weighted by Crippen LogP contribution is 2.33. The average Bonchev–Trinajstić information content (AvgIpc) is 3.12. The number of carbonyl (C=O) groups excluding carboxylic acids is 2.